The Morgan fingerprint density at radius 1 is 1.50 bits per heavy atom. The highest BCUT2D eigenvalue weighted by molar-refractivity contribution is 6.18. The first kappa shape index (κ1) is 17.2. The molecule has 0 aliphatic heterocycles. The molecule has 0 radical (unpaired) electrons. The Morgan fingerprint density at radius 3 is 2.75 bits per heavy atom. The first-order valence-electron chi connectivity index (χ1n) is 7.44. The monoisotopic (exact) mass is 296 g/mol. The van der Waals surface area contributed by atoms with Gasteiger partial charge < -0.3 is 0 Å². The second-order valence-electron chi connectivity index (χ2n) is 5.67. The maximum Gasteiger partial charge on any atom is 0.125 e. The summed E-state index contributed by atoms with van der Waals surface area (Å²) in [4.78, 5) is 0. The first-order chi connectivity index (χ1) is 9.49. The predicted octanol–water partition coefficient (Wildman–Crippen LogP) is 6.00. The van der Waals surface area contributed by atoms with Crippen molar-refractivity contribution in [2.24, 2.45) is 11.8 Å². The second kappa shape index (κ2) is 8.46. The summed E-state index contributed by atoms with van der Waals surface area (Å²) in [6.07, 6.45) is 11.2. The minimum Gasteiger partial charge on any atom is -0.242 e. The van der Waals surface area contributed by atoms with Gasteiger partial charge in [0.25, 0.3) is 0 Å². The van der Waals surface area contributed by atoms with Gasteiger partial charge in [-0.25, -0.2) is 4.39 Å². The van der Waals surface area contributed by atoms with Crippen LogP contribution in [0.15, 0.2) is 47.1 Å². The molecule has 0 N–H and O–H groups in total. The lowest BCUT2D eigenvalue weighted by Gasteiger charge is -2.23. The molecule has 0 bridgehead atoms. The lowest BCUT2D eigenvalue weighted by atomic mass is 9.85. The predicted molar refractivity (Wildman–Crippen MR) is 87.9 cm³/mol. The Morgan fingerprint density at radius 2 is 2.20 bits per heavy atom. The van der Waals surface area contributed by atoms with E-state index in [9.17, 15) is 4.39 Å². The zero-order chi connectivity index (χ0) is 15.1. The third-order valence-corrected chi connectivity index (χ3v) is 4.40. The summed E-state index contributed by atoms with van der Waals surface area (Å²) < 4.78 is 13.9. The smallest absolute Gasteiger partial charge is 0.125 e. The summed E-state index contributed by atoms with van der Waals surface area (Å²) in [6, 6.07) is 0. The second-order valence-corrected chi connectivity index (χ2v) is 5.98. The third-order valence-electron chi connectivity index (χ3n) is 3.94. The average molecular weight is 297 g/mol. The number of hydrogen-bond acceptors (Lipinski definition) is 0. The van der Waals surface area contributed by atoms with E-state index in [-0.39, 0.29) is 5.92 Å². The van der Waals surface area contributed by atoms with Crippen molar-refractivity contribution >= 4 is 11.6 Å². The van der Waals surface area contributed by atoms with E-state index in [4.69, 9.17) is 11.6 Å². The van der Waals surface area contributed by atoms with Crippen molar-refractivity contribution in [1.82, 2.24) is 0 Å². The standard InChI is InChI=1S/C18H26ClF/c1-5-6-7-8-17(14(3)12-19)10-16-9-13(2)15(4)18(20)11-16/h6-9,11,14-15,18H,5,10,12H2,1-4H3. The summed E-state index contributed by atoms with van der Waals surface area (Å²) >= 11 is 5.98. The van der Waals surface area contributed by atoms with Crippen LogP contribution in [0.4, 0.5) is 4.39 Å². The van der Waals surface area contributed by atoms with Crippen molar-refractivity contribution in [2.45, 2.75) is 46.7 Å². The highest BCUT2D eigenvalue weighted by Gasteiger charge is 2.21. The van der Waals surface area contributed by atoms with Gasteiger partial charge in [0.05, 0.1) is 0 Å². The normalized spacial score (nSPS) is 25.6. The molecule has 0 fully saturated rings. The molecule has 0 saturated heterocycles. The Kier molecular flexibility index (Phi) is 7.29. The van der Waals surface area contributed by atoms with Gasteiger partial charge in [-0.05, 0) is 37.3 Å². The van der Waals surface area contributed by atoms with Gasteiger partial charge in [-0.15, -0.1) is 11.6 Å². The molecule has 2 heteroatoms. The van der Waals surface area contributed by atoms with Crippen molar-refractivity contribution in [1.29, 1.82) is 0 Å². The van der Waals surface area contributed by atoms with Crippen molar-refractivity contribution in [3.8, 4) is 0 Å². The number of rotatable bonds is 6. The Labute approximate surface area is 128 Å². The van der Waals surface area contributed by atoms with Crippen LogP contribution in [0.5, 0.6) is 0 Å². The molecule has 0 aromatic rings. The Bertz CT molecular complexity index is 429. The van der Waals surface area contributed by atoms with E-state index in [2.05, 4.69) is 38.2 Å². The van der Waals surface area contributed by atoms with E-state index in [1.54, 1.807) is 6.08 Å². The summed E-state index contributed by atoms with van der Waals surface area (Å²) in [7, 11) is 0. The molecule has 3 unspecified atom stereocenters. The van der Waals surface area contributed by atoms with Crippen LogP contribution in [-0.4, -0.2) is 12.1 Å². The molecule has 0 amide bonds. The van der Waals surface area contributed by atoms with E-state index in [0.717, 1.165) is 24.0 Å². The minimum absolute atomic E-state index is 0.00313. The van der Waals surface area contributed by atoms with E-state index >= 15 is 0 Å². The Hall–Kier alpha value is -0.820. The molecule has 0 aromatic carbocycles. The molecule has 3 atom stereocenters. The van der Waals surface area contributed by atoms with Gasteiger partial charge in [-0.2, -0.15) is 0 Å². The molecule has 20 heavy (non-hydrogen) atoms. The fourth-order valence-corrected chi connectivity index (χ4v) is 2.44. The topological polar surface area (TPSA) is 0 Å². The fourth-order valence-electron chi connectivity index (χ4n) is 2.24. The van der Waals surface area contributed by atoms with Gasteiger partial charge in [0.1, 0.15) is 6.17 Å². The number of alkyl halides is 2. The summed E-state index contributed by atoms with van der Waals surface area (Å²) in [5, 5.41) is 0. The van der Waals surface area contributed by atoms with E-state index in [1.165, 1.54) is 5.57 Å². The summed E-state index contributed by atoms with van der Waals surface area (Å²) in [6.45, 7) is 8.18. The van der Waals surface area contributed by atoms with Gasteiger partial charge in [0, 0.05) is 11.8 Å². The molecule has 112 valence electrons. The van der Waals surface area contributed by atoms with Crippen LogP contribution in [0.3, 0.4) is 0 Å². The number of halogens is 2. The van der Waals surface area contributed by atoms with Crippen molar-refractivity contribution < 1.29 is 4.39 Å². The molecule has 1 aliphatic rings. The average Bonchev–Trinajstić information content (AvgIpc) is 2.43. The van der Waals surface area contributed by atoms with Crippen LogP contribution in [0.1, 0.15) is 40.5 Å². The Balaban J connectivity index is 2.88. The van der Waals surface area contributed by atoms with Crippen LogP contribution in [0.2, 0.25) is 0 Å². The quantitative estimate of drug-likeness (QED) is 0.416. The molecule has 0 spiro atoms. The van der Waals surface area contributed by atoms with Gasteiger partial charge >= 0.3 is 0 Å². The summed E-state index contributed by atoms with van der Waals surface area (Å²) in [5.74, 6) is 0.902. The lowest BCUT2D eigenvalue weighted by Crippen LogP contribution is -2.16. The molecular weight excluding hydrogens is 271 g/mol. The molecule has 0 nitrogen and oxygen atoms in total. The van der Waals surface area contributed by atoms with E-state index in [0.29, 0.717) is 11.8 Å². The highest BCUT2D eigenvalue weighted by atomic mass is 35.5. The third kappa shape index (κ3) is 4.94. The number of allylic oxidation sites excluding steroid dienone is 8. The molecule has 0 aromatic heterocycles. The SMILES string of the molecule is CCC=CC=C(CC1=CC(F)C(C)C(C)=C1)C(C)CCl. The maximum atomic E-state index is 13.9. The van der Waals surface area contributed by atoms with Crippen molar-refractivity contribution in [3.63, 3.8) is 0 Å². The largest absolute Gasteiger partial charge is 0.242 e. The number of hydrogen-bond donors (Lipinski definition) is 0. The van der Waals surface area contributed by atoms with Crippen LogP contribution >= 0.6 is 11.6 Å². The molecule has 1 rings (SSSR count). The van der Waals surface area contributed by atoms with E-state index in [1.807, 2.05) is 13.8 Å². The first-order valence-corrected chi connectivity index (χ1v) is 7.97. The molecule has 0 heterocycles. The zero-order valence-electron chi connectivity index (χ0n) is 13.0. The van der Waals surface area contributed by atoms with Crippen LogP contribution in [0.25, 0.3) is 0 Å². The van der Waals surface area contributed by atoms with Crippen LogP contribution < -0.4 is 0 Å². The van der Waals surface area contributed by atoms with Crippen LogP contribution in [-0.2, 0) is 0 Å². The molecule has 0 saturated carbocycles. The van der Waals surface area contributed by atoms with E-state index < -0.39 is 6.17 Å². The molecule has 1 aliphatic carbocycles. The van der Waals surface area contributed by atoms with Gasteiger partial charge in [0.2, 0.25) is 0 Å². The van der Waals surface area contributed by atoms with Gasteiger partial charge in [-0.1, -0.05) is 56.2 Å². The summed E-state index contributed by atoms with van der Waals surface area (Å²) in [5.41, 5.74) is 3.46. The maximum absolute atomic E-state index is 13.9. The highest BCUT2D eigenvalue weighted by Crippen LogP contribution is 2.30. The molecular formula is C18H26ClF. The minimum atomic E-state index is -0.867. The zero-order valence-corrected chi connectivity index (χ0v) is 13.8. The van der Waals surface area contributed by atoms with Crippen molar-refractivity contribution in [2.75, 3.05) is 5.88 Å². The van der Waals surface area contributed by atoms with Gasteiger partial charge in [-0.3, -0.25) is 0 Å². The van der Waals surface area contributed by atoms with Crippen LogP contribution in [0, 0.1) is 11.8 Å². The lowest BCUT2D eigenvalue weighted by molar-refractivity contribution is 0.321. The van der Waals surface area contributed by atoms with Gasteiger partial charge in [0.15, 0.2) is 0 Å². The fraction of sp³-hybridized carbons (Fsp3) is 0.556. The van der Waals surface area contributed by atoms with Crippen molar-refractivity contribution in [3.05, 3.63) is 47.1 Å².